The first-order valence-corrected chi connectivity index (χ1v) is 28.7. The fourth-order valence-corrected chi connectivity index (χ4v) is 17.0. The molecular formula is C41H63Si4Ti. The van der Waals surface area contributed by atoms with Gasteiger partial charge >= 0.3 is 21.7 Å². The van der Waals surface area contributed by atoms with Crippen LogP contribution in [0.4, 0.5) is 0 Å². The van der Waals surface area contributed by atoms with E-state index in [2.05, 4.69) is 162 Å². The number of hydrogen-bond donors (Lipinski definition) is 0. The Kier molecular flexibility index (Phi) is 13.5. The Morgan fingerprint density at radius 1 is 0.370 bits per heavy atom. The molecule has 0 N–H and O–H groups in total. The van der Waals surface area contributed by atoms with Crippen LogP contribution >= 0.6 is 0 Å². The van der Waals surface area contributed by atoms with Crippen molar-refractivity contribution in [1.29, 1.82) is 0 Å². The summed E-state index contributed by atoms with van der Waals surface area (Å²) in [6, 6.07) is 23.2. The normalized spacial score (nSPS) is 12.3. The van der Waals surface area contributed by atoms with Crippen molar-refractivity contribution in [2.75, 3.05) is 0 Å². The van der Waals surface area contributed by atoms with Crippen LogP contribution < -0.4 is 36.3 Å². The number of aryl methyl sites for hydroxylation is 3. The van der Waals surface area contributed by atoms with Gasteiger partial charge in [-0.1, -0.05) is 189 Å². The third kappa shape index (κ3) is 7.90. The van der Waals surface area contributed by atoms with E-state index < -0.39 is 32.3 Å². The van der Waals surface area contributed by atoms with Crippen molar-refractivity contribution in [3.8, 4) is 0 Å². The van der Waals surface area contributed by atoms with Crippen LogP contribution in [0.25, 0.3) is 0 Å². The molecule has 4 aromatic rings. The molecule has 0 aliphatic heterocycles. The van der Waals surface area contributed by atoms with Gasteiger partial charge in [-0.05, 0) is 20.8 Å². The summed E-state index contributed by atoms with van der Waals surface area (Å²) in [7, 11) is -7.49. The van der Waals surface area contributed by atoms with E-state index in [1.54, 1.807) is 36.3 Å². The van der Waals surface area contributed by atoms with Gasteiger partial charge in [-0.2, -0.15) is 22.3 Å². The maximum atomic E-state index is 2.68. The summed E-state index contributed by atoms with van der Waals surface area (Å²) in [5.74, 6) is 0. The second-order valence-corrected chi connectivity index (χ2v) is 35.6. The first kappa shape index (κ1) is 42.6. The maximum Gasteiger partial charge on any atom is 3.00 e. The van der Waals surface area contributed by atoms with E-state index in [1.165, 1.54) is 38.9 Å². The fourth-order valence-electron chi connectivity index (χ4n) is 7.01. The average molecular weight is 716 g/mol. The van der Waals surface area contributed by atoms with Crippen molar-refractivity contribution < 1.29 is 21.7 Å². The summed E-state index contributed by atoms with van der Waals surface area (Å²) in [6.45, 7) is 39.1. The molecule has 0 saturated heterocycles. The van der Waals surface area contributed by atoms with Crippen LogP contribution in [-0.4, -0.2) is 32.3 Å². The second-order valence-electron chi connectivity index (χ2n) is 16.6. The van der Waals surface area contributed by atoms with Crippen molar-refractivity contribution in [1.82, 2.24) is 0 Å². The van der Waals surface area contributed by atoms with Crippen LogP contribution in [0.5, 0.6) is 0 Å². The molecule has 0 saturated carbocycles. The summed E-state index contributed by atoms with van der Waals surface area (Å²) in [5.41, 5.74) is 10.2. The van der Waals surface area contributed by atoms with E-state index in [0.717, 1.165) is 0 Å². The van der Waals surface area contributed by atoms with Gasteiger partial charge in [0.05, 0.1) is 24.2 Å². The molecule has 0 nitrogen and oxygen atoms in total. The molecule has 0 fully saturated rings. The maximum absolute atomic E-state index is 2.76. The summed E-state index contributed by atoms with van der Waals surface area (Å²) >= 11 is 0. The molecule has 5 heteroatoms. The van der Waals surface area contributed by atoms with Gasteiger partial charge in [-0.25, -0.2) is 0 Å². The third-order valence-electron chi connectivity index (χ3n) is 9.94. The third-order valence-corrected chi connectivity index (χ3v) is 21.0. The zero-order valence-corrected chi connectivity index (χ0v) is 38.3. The van der Waals surface area contributed by atoms with Crippen molar-refractivity contribution in [2.24, 2.45) is 0 Å². The van der Waals surface area contributed by atoms with Crippen LogP contribution in [0.1, 0.15) is 38.9 Å². The van der Waals surface area contributed by atoms with E-state index in [0.29, 0.717) is 0 Å². The monoisotopic (exact) mass is 715 g/mol. The molecule has 46 heavy (non-hydrogen) atoms. The summed E-state index contributed by atoms with van der Waals surface area (Å²) in [6.07, 6.45) is 0. The van der Waals surface area contributed by atoms with Gasteiger partial charge in [-0.3, -0.25) is 0 Å². The van der Waals surface area contributed by atoms with Crippen molar-refractivity contribution >= 4 is 68.6 Å². The first-order valence-electron chi connectivity index (χ1n) is 16.2. The number of benzene rings is 3. The van der Waals surface area contributed by atoms with Gasteiger partial charge in [0.25, 0.3) is 0 Å². The van der Waals surface area contributed by atoms with Gasteiger partial charge < -0.3 is 14.9 Å². The topological polar surface area (TPSA) is 0 Å². The summed E-state index contributed by atoms with van der Waals surface area (Å²) < 4.78 is 0. The summed E-state index contributed by atoms with van der Waals surface area (Å²) in [5, 5.41) is 11.1. The molecule has 247 valence electrons. The summed E-state index contributed by atoms with van der Waals surface area (Å²) in [4.78, 5) is 0. The molecule has 0 atom stereocenters. The zero-order chi connectivity index (χ0) is 32.4. The van der Waals surface area contributed by atoms with Gasteiger partial charge in [-0.15, -0.1) is 5.19 Å². The van der Waals surface area contributed by atoms with Gasteiger partial charge in [0.1, 0.15) is 8.07 Å². The Morgan fingerprint density at radius 2 is 0.587 bits per heavy atom. The van der Waals surface area contributed by atoms with E-state index in [-0.39, 0.29) is 36.6 Å². The van der Waals surface area contributed by atoms with Gasteiger partial charge in [0, 0.05) is 0 Å². The SMILES string of the molecule is Cc1cc([Si](C)(C)C)cc([Si](c2cc(C)cc([Si](C)(C)C)c2)(c2cc(C)cc([Si](C)(C)C)c2)[c-]2c(C)c(C)c(C)c2C)c1.[CH3-].[CH3-].[Ti+3]. The molecule has 0 amide bonds. The fraction of sp³-hybridized carbons (Fsp3) is 0.390. The van der Waals surface area contributed by atoms with E-state index in [9.17, 15) is 0 Å². The molecule has 1 radical (unpaired) electrons. The Labute approximate surface area is 304 Å². The van der Waals surface area contributed by atoms with Gasteiger partial charge in [0.15, 0.2) is 0 Å². The second kappa shape index (κ2) is 14.6. The van der Waals surface area contributed by atoms with E-state index in [1.807, 2.05) is 0 Å². The van der Waals surface area contributed by atoms with Crippen molar-refractivity contribution in [2.45, 2.75) is 107 Å². The molecule has 0 unspecified atom stereocenters. The number of rotatable bonds is 7. The first-order chi connectivity index (χ1) is 19.6. The molecule has 0 heterocycles. The minimum Gasteiger partial charge on any atom is -0.358 e. The van der Waals surface area contributed by atoms with Crippen molar-refractivity contribution in [3.63, 3.8) is 0 Å². The Bertz CT molecular complexity index is 1510. The Morgan fingerprint density at radius 3 is 0.804 bits per heavy atom. The number of hydrogen-bond acceptors (Lipinski definition) is 0. The molecule has 0 aliphatic carbocycles. The molecule has 0 aromatic heterocycles. The minimum absolute atomic E-state index is 0. The van der Waals surface area contributed by atoms with Crippen LogP contribution in [0.3, 0.4) is 0 Å². The van der Waals surface area contributed by atoms with Gasteiger partial charge in [0.2, 0.25) is 0 Å². The predicted octanol–water partition coefficient (Wildman–Crippen LogP) is 7.48. The average Bonchev–Trinajstić information content (AvgIpc) is 3.05. The smallest absolute Gasteiger partial charge is 0.358 e. The minimum atomic E-state index is -2.76. The molecule has 4 rings (SSSR count). The van der Waals surface area contributed by atoms with Crippen LogP contribution in [0, 0.1) is 63.3 Å². The Hall–Kier alpha value is -1.41. The molecule has 0 spiro atoms. The standard InChI is InChI=1S/C39H57Si4.2CH3.Ti/c1-26-17-33(40(8,9)10)23-36(20-26)43(39-31(6)29(4)30(5)32(39)7,37-21-27(2)18-34(24-37)41(11,12)13)38-22-28(3)19-35(25-38)42(14,15)16;;;/h17-25H,1-16H3;2*1H3;/q3*-1;+3. The Balaban J connectivity index is 0.00000353. The molecule has 0 bridgehead atoms. The quantitative estimate of drug-likeness (QED) is 0.106. The molecular weight excluding hydrogens is 653 g/mol. The zero-order valence-electron chi connectivity index (χ0n) is 32.7. The van der Waals surface area contributed by atoms with E-state index >= 15 is 0 Å². The van der Waals surface area contributed by atoms with Crippen LogP contribution in [-0.2, 0) is 21.7 Å². The molecule has 0 aliphatic rings. The largest absolute Gasteiger partial charge is 3.00 e. The van der Waals surface area contributed by atoms with Crippen molar-refractivity contribution in [3.05, 3.63) is 108 Å². The van der Waals surface area contributed by atoms with E-state index in [4.69, 9.17) is 0 Å². The predicted molar refractivity (Wildman–Crippen MR) is 221 cm³/mol. The van der Waals surface area contributed by atoms with Crippen LogP contribution in [0.2, 0.25) is 58.9 Å². The molecule has 4 aromatic carbocycles. The van der Waals surface area contributed by atoms with Crippen LogP contribution in [0.15, 0.2) is 54.6 Å².